The first-order valence-corrected chi connectivity index (χ1v) is 7.26. The number of hydrogen-bond acceptors (Lipinski definition) is 3. The summed E-state index contributed by atoms with van der Waals surface area (Å²) in [7, 11) is 1.71. The third kappa shape index (κ3) is 3.48. The number of rotatable bonds is 4. The number of nitrogens with zero attached hydrogens (tertiary/aromatic N) is 1. The molecule has 0 saturated carbocycles. The Labute approximate surface area is 116 Å². The van der Waals surface area contributed by atoms with Gasteiger partial charge in [0, 0.05) is 24.2 Å². The molecule has 0 aliphatic carbocycles. The van der Waals surface area contributed by atoms with Gasteiger partial charge in [-0.15, -0.1) is 0 Å². The van der Waals surface area contributed by atoms with Crippen molar-refractivity contribution in [2.75, 3.05) is 20.2 Å². The van der Waals surface area contributed by atoms with Crippen molar-refractivity contribution in [2.24, 2.45) is 5.73 Å². The zero-order valence-electron chi connectivity index (χ0n) is 12.4. The highest BCUT2D eigenvalue weighted by atomic mass is 16.5. The third-order valence-electron chi connectivity index (χ3n) is 4.16. The molecular formula is C16H26N2O. The minimum absolute atomic E-state index is 0.0235. The van der Waals surface area contributed by atoms with E-state index in [-0.39, 0.29) is 6.04 Å². The van der Waals surface area contributed by atoms with Gasteiger partial charge >= 0.3 is 0 Å². The Morgan fingerprint density at radius 3 is 2.89 bits per heavy atom. The van der Waals surface area contributed by atoms with Crippen molar-refractivity contribution in [3.63, 3.8) is 0 Å². The molecule has 0 bridgehead atoms. The van der Waals surface area contributed by atoms with Crippen LogP contribution in [-0.4, -0.2) is 31.1 Å². The molecule has 1 aromatic carbocycles. The maximum atomic E-state index is 6.41. The van der Waals surface area contributed by atoms with Crippen LogP contribution in [0.1, 0.15) is 43.4 Å². The summed E-state index contributed by atoms with van der Waals surface area (Å²) in [6, 6.07) is 6.91. The Morgan fingerprint density at radius 2 is 2.21 bits per heavy atom. The number of likely N-dealkylation sites (tertiary alicyclic amines) is 1. The Balaban J connectivity index is 2.10. The molecule has 1 aliphatic heterocycles. The lowest BCUT2D eigenvalue weighted by Gasteiger charge is -2.35. The first-order valence-electron chi connectivity index (χ1n) is 7.26. The van der Waals surface area contributed by atoms with Crippen LogP contribution in [0.3, 0.4) is 0 Å². The van der Waals surface area contributed by atoms with Gasteiger partial charge in [0.2, 0.25) is 0 Å². The SMILES string of the molecule is COc1ccc(C)cc1C(N)CN1CCCCC1C. The number of nitrogens with two attached hydrogens (primary N) is 1. The number of methoxy groups -OCH3 is 1. The van der Waals surface area contributed by atoms with Gasteiger partial charge in [-0.2, -0.15) is 0 Å². The summed E-state index contributed by atoms with van der Waals surface area (Å²) in [4.78, 5) is 2.51. The highest BCUT2D eigenvalue weighted by Crippen LogP contribution is 2.27. The van der Waals surface area contributed by atoms with Crippen LogP contribution in [0, 0.1) is 6.92 Å². The minimum atomic E-state index is 0.0235. The zero-order valence-corrected chi connectivity index (χ0v) is 12.4. The Bertz CT molecular complexity index is 419. The fraction of sp³-hybridized carbons (Fsp3) is 0.625. The fourth-order valence-corrected chi connectivity index (χ4v) is 2.92. The summed E-state index contributed by atoms with van der Waals surface area (Å²) in [5, 5.41) is 0. The average Bonchev–Trinajstić information content (AvgIpc) is 2.41. The van der Waals surface area contributed by atoms with E-state index in [0.29, 0.717) is 6.04 Å². The Morgan fingerprint density at radius 1 is 1.42 bits per heavy atom. The summed E-state index contributed by atoms with van der Waals surface area (Å²) in [5.41, 5.74) is 8.77. The van der Waals surface area contributed by atoms with Gasteiger partial charge in [0.1, 0.15) is 5.75 Å². The molecule has 2 N–H and O–H groups in total. The smallest absolute Gasteiger partial charge is 0.123 e. The number of benzene rings is 1. The molecule has 1 saturated heterocycles. The molecule has 3 nitrogen and oxygen atoms in total. The number of piperidine rings is 1. The monoisotopic (exact) mass is 262 g/mol. The van der Waals surface area contributed by atoms with Crippen LogP contribution in [-0.2, 0) is 0 Å². The summed E-state index contributed by atoms with van der Waals surface area (Å²) < 4.78 is 5.44. The normalized spacial score (nSPS) is 22.2. The molecule has 0 spiro atoms. The molecule has 2 unspecified atom stereocenters. The van der Waals surface area contributed by atoms with Gasteiger partial charge in [0.15, 0.2) is 0 Å². The molecule has 0 aromatic heterocycles. The highest BCUT2D eigenvalue weighted by molar-refractivity contribution is 5.39. The first-order chi connectivity index (χ1) is 9.11. The van der Waals surface area contributed by atoms with Gasteiger partial charge in [0.25, 0.3) is 0 Å². The molecule has 106 valence electrons. The van der Waals surface area contributed by atoms with Crippen molar-refractivity contribution in [1.29, 1.82) is 0 Å². The van der Waals surface area contributed by atoms with E-state index in [4.69, 9.17) is 10.5 Å². The lowest BCUT2D eigenvalue weighted by Crippen LogP contribution is -2.41. The molecule has 1 heterocycles. The van der Waals surface area contributed by atoms with Crippen LogP contribution in [0.2, 0.25) is 0 Å². The van der Waals surface area contributed by atoms with Crippen LogP contribution in [0.15, 0.2) is 18.2 Å². The maximum absolute atomic E-state index is 6.41. The van der Waals surface area contributed by atoms with Crippen molar-refractivity contribution < 1.29 is 4.74 Å². The topological polar surface area (TPSA) is 38.5 Å². The van der Waals surface area contributed by atoms with Crippen molar-refractivity contribution >= 4 is 0 Å². The summed E-state index contributed by atoms with van der Waals surface area (Å²) >= 11 is 0. The number of hydrogen-bond donors (Lipinski definition) is 1. The molecule has 1 aromatic rings. The van der Waals surface area contributed by atoms with E-state index in [1.54, 1.807) is 7.11 Å². The molecule has 1 fully saturated rings. The van der Waals surface area contributed by atoms with Crippen LogP contribution in [0.5, 0.6) is 5.75 Å². The highest BCUT2D eigenvalue weighted by Gasteiger charge is 2.22. The second kappa shape index (κ2) is 6.40. The summed E-state index contributed by atoms with van der Waals surface area (Å²) in [5.74, 6) is 0.905. The standard InChI is InChI=1S/C16H26N2O/c1-12-7-8-16(19-3)14(10-12)15(17)11-18-9-5-4-6-13(18)2/h7-8,10,13,15H,4-6,9,11,17H2,1-3H3. The van der Waals surface area contributed by atoms with E-state index in [9.17, 15) is 0 Å². The van der Waals surface area contributed by atoms with Gasteiger partial charge in [-0.3, -0.25) is 4.90 Å². The summed E-state index contributed by atoms with van der Waals surface area (Å²) in [6.07, 6.45) is 3.93. The molecule has 2 atom stereocenters. The van der Waals surface area contributed by atoms with Gasteiger partial charge < -0.3 is 10.5 Å². The van der Waals surface area contributed by atoms with Gasteiger partial charge in [-0.25, -0.2) is 0 Å². The predicted molar refractivity (Wildman–Crippen MR) is 79.5 cm³/mol. The lowest BCUT2D eigenvalue weighted by molar-refractivity contribution is 0.151. The minimum Gasteiger partial charge on any atom is -0.496 e. The van der Waals surface area contributed by atoms with Gasteiger partial charge in [-0.1, -0.05) is 24.1 Å². The second-order valence-electron chi connectivity index (χ2n) is 5.69. The molecule has 1 aliphatic rings. The predicted octanol–water partition coefficient (Wildman–Crippen LogP) is 2.88. The van der Waals surface area contributed by atoms with E-state index in [1.807, 2.05) is 6.07 Å². The fourth-order valence-electron chi connectivity index (χ4n) is 2.92. The molecular weight excluding hydrogens is 236 g/mol. The van der Waals surface area contributed by atoms with Crippen LogP contribution < -0.4 is 10.5 Å². The second-order valence-corrected chi connectivity index (χ2v) is 5.69. The summed E-state index contributed by atoms with van der Waals surface area (Å²) in [6.45, 7) is 6.49. The Kier molecular flexibility index (Phi) is 4.83. The van der Waals surface area contributed by atoms with Crippen molar-refractivity contribution in [2.45, 2.75) is 45.2 Å². The Hall–Kier alpha value is -1.06. The zero-order chi connectivity index (χ0) is 13.8. The third-order valence-corrected chi connectivity index (χ3v) is 4.16. The molecule has 19 heavy (non-hydrogen) atoms. The van der Waals surface area contributed by atoms with Crippen LogP contribution >= 0.6 is 0 Å². The number of aryl methyl sites for hydroxylation is 1. The van der Waals surface area contributed by atoms with Crippen LogP contribution in [0.25, 0.3) is 0 Å². The molecule has 3 heteroatoms. The van der Waals surface area contributed by atoms with Gasteiger partial charge in [-0.05, 0) is 39.3 Å². The van der Waals surface area contributed by atoms with Crippen molar-refractivity contribution in [3.8, 4) is 5.75 Å². The maximum Gasteiger partial charge on any atom is 0.123 e. The molecule has 2 rings (SSSR count). The van der Waals surface area contributed by atoms with E-state index in [0.717, 1.165) is 17.9 Å². The van der Waals surface area contributed by atoms with E-state index < -0.39 is 0 Å². The lowest BCUT2D eigenvalue weighted by atomic mass is 9.99. The number of ether oxygens (including phenoxy) is 1. The van der Waals surface area contributed by atoms with Crippen LogP contribution in [0.4, 0.5) is 0 Å². The average molecular weight is 262 g/mol. The van der Waals surface area contributed by atoms with E-state index in [1.165, 1.54) is 31.4 Å². The van der Waals surface area contributed by atoms with Gasteiger partial charge in [0.05, 0.1) is 7.11 Å². The van der Waals surface area contributed by atoms with Crippen molar-refractivity contribution in [1.82, 2.24) is 4.90 Å². The molecule has 0 amide bonds. The van der Waals surface area contributed by atoms with E-state index in [2.05, 4.69) is 30.9 Å². The van der Waals surface area contributed by atoms with Crippen molar-refractivity contribution in [3.05, 3.63) is 29.3 Å². The quantitative estimate of drug-likeness (QED) is 0.906. The largest absolute Gasteiger partial charge is 0.496 e. The van der Waals surface area contributed by atoms with E-state index >= 15 is 0 Å². The first kappa shape index (κ1) is 14.4. The molecule has 0 radical (unpaired) electrons.